The van der Waals surface area contributed by atoms with Crippen LogP contribution in [0, 0.1) is 0 Å². The normalized spacial score (nSPS) is 12.2. The van der Waals surface area contributed by atoms with Gasteiger partial charge < -0.3 is 44.6 Å². The highest BCUT2D eigenvalue weighted by Crippen LogP contribution is 2.44. The molecule has 7 rings (SSSR count). The zero-order chi connectivity index (χ0) is 40.8. The first kappa shape index (κ1) is 39.3. The summed E-state index contributed by atoms with van der Waals surface area (Å²) in [4.78, 5) is 70.1. The second-order valence-corrected chi connectivity index (χ2v) is 14.0. The topological polar surface area (TPSA) is 184 Å². The summed E-state index contributed by atoms with van der Waals surface area (Å²) >= 11 is 0. The third-order valence-electron chi connectivity index (χ3n) is 10.1. The van der Waals surface area contributed by atoms with Gasteiger partial charge >= 0.3 is 12.2 Å². The number of ether oxygens (including phenoxy) is 3. The molecule has 15 nitrogen and oxygen atoms in total. The smallest absolute Gasteiger partial charge is 0.407 e. The van der Waals surface area contributed by atoms with E-state index in [1.807, 2.05) is 50.2 Å². The number of H-pyrrole nitrogens is 2. The number of amides is 4. The molecule has 0 saturated heterocycles. The highest BCUT2D eigenvalue weighted by atomic mass is 16.5. The molecule has 0 aliphatic carbocycles. The van der Waals surface area contributed by atoms with Crippen molar-refractivity contribution < 1.29 is 33.4 Å². The molecule has 0 unspecified atom stereocenters. The SMILES string of the molecule is CCCN(Cc1nc2c(ccc3c4c(ccc32)-c2ccc(-c3cnc(CN(CCC)C(=O)[C@H](NC(=O)OC)c5ccccc5)[nH]3)cc2CO4)[nH]1)C(=O)CNC(=O)OC. The molecule has 300 valence electrons. The van der Waals surface area contributed by atoms with E-state index in [1.165, 1.54) is 14.2 Å². The maximum Gasteiger partial charge on any atom is 0.407 e. The minimum absolute atomic E-state index is 0.167. The van der Waals surface area contributed by atoms with E-state index in [-0.39, 0.29) is 31.4 Å². The number of carbonyl (C=O) groups is 4. The Bertz CT molecular complexity index is 2460. The molecular formula is C43H46N8O7. The minimum atomic E-state index is -0.916. The average molecular weight is 787 g/mol. The Morgan fingerprint density at radius 2 is 1.55 bits per heavy atom. The summed E-state index contributed by atoms with van der Waals surface area (Å²) in [5.74, 6) is 1.53. The number of carbonyl (C=O) groups excluding carboxylic acids is 4. The first-order valence-electron chi connectivity index (χ1n) is 19.2. The average Bonchev–Trinajstić information content (AvgIpc) is 3.91. The monoisotopic (exact) mass is 786 g/mol. The van der Waals surface area contributed by atoms with Gasteiger partial charge in [-0.25, -0.2) is 19.6 Å². The molecule has 0 saturated carbocycles. The van der Waals surface area contributed by atoms with Gasteiger partial charge in [-0.3, -0.25) is 9.59 Å². The van der Waals surface area contributed by atoms with E-state index >= 15 is 0 Å². The Hall–Kier alpha value is -6.90. The molecule has 2 aromatic heterocycles. The van der Waals surface area contributed by atoms with E-state index in [0.717, 1.165) is 61.9 Å². The van der Waals surface area contributed by atoms with Crippen LogP contribution in [0.3, 0.4) is 0 Å². The summed E-state index contributed by atoms with van der Waals surface area (Å²) in [6.45, 7) is 5.64. The highest BCUT2D eigenvalue weighted by molar-refractivity contribution is 6.09. The Kier molecular flexibility index (Phi) is 11.9. The van der Waals surface area contributed by atoms with Crippen LogP contribution in [0.4, 0.5) is 9.59 Å². The van der Waals surface area contributed by atoms with Crippen molar-refractivity contribution >= 4 is 45.8 Å². The van der Waals surface area contributed by atoms with Gasteiger partial charge in [0.2, 0.25) is 11.8 Å². The molecule has 4 aromatic carbocycles. The van der Waals surface area contributed by atoms with Gasteiger partial charge in [0.25, 0.3) is 0 Å². The fourth-order valence-electron chi connectivity index (χ4n) is 7.31. The highest BCUT2D eigenvalue weighted by Gasteiger charge is 2.29. The zero-order valence-corrected chi connectivity index (χ0v) is 32.9. The van der Waals surface area contributed by atoms with Gasteiger partial charge in [0.1, 0.15) is 36.6 Å². The van der Waals surface area contributed by atoms with Crippen molar-refractivity contribution in [2.45, 2.75) is 52.4 Å². The fourth-order valence-corrected chi connectivity index (χ4v) is 7.31. The summed E-state index contributed by atoms with van der Waals surface area (Å²) in [5.41, 5.74) is 7.06. The van der Waals surface area contributed by atoms with Crippen LogP contribution in [0.25, 0.3) is 44.2 Å². The standard InChI is InChI=1S/C43H46N8O7/c1-5-18-50(37(52)22-45-42(54)56-3)24-36-46-33-17-16-32-30(39(33)48-36)14-15-31-29-13-12-27(20-28(29)25-58-40(31)32)34-21-44-35(47-34)23-51(19-6-2)41(53)38(49-43(55)57-4)26-10-8-7-9-11-26/h7-17,20-21,38H,5-6,18-19,22-25H2,1-4H3,(H,44,47)(H,45,54)(H,46,48)(H,49,55)/t38-/m1/s1. The Labute approximate surface area is 335 Å². The molecule has 4 N–H and O–H groups in total. The number of fused-ring (bicyclic) bond motifs is 7. The van der Waals surface area contributed by atoms with Crippen LogP contribution in [0.15, 0.2) is 79.0 Å². The Morgan fingerprint density at radius 1 is 0.828 bits per heavy atom. The zero-order valence-electron chi connectivity index (χ0n) is 32.9. The number of nitrogens with zero attached hydrogens (tertiary/aromatic N) is 4. The number of rotatable bonds is 14. The predicted octanol–water partition coefficient (Wildman–Crippen LogP) is 6.60. The Morgan fingerprint density at radius 3 is 2.31 bits per heavy atom. The van der Waals surface area contributed by atoms with E-state index in [2.05, 4.69) is 54.6 Å². The lowest BCUT2D eigenvalue weighted by molar-refractivity contribution is -0.134. The van der Waals surface area contributed by atoms with Crippen LogP contribution in [0.1, 0.15) is 55.5 Å². The van der Waals surface area contributed by atoms with Crippen molar-refractivity contribution in [1.82, 2.24) is 40.4 Å². The van der Waals surface area contributed by atoms with Crippen LogP contribution in [-0.2, 0) is 38.8 Å². The first-order chi connectivity index (χ1) is 28.2. The number of methoxy groups -OCH3 is 2. The Balaban J connectivity index is 1.09. The van der Waals surface area contributed by atoms with Gasteiger partial charge in [0.05, 0.1) is 50.2 Å². The molecule has 4 amide bonds. The maximum absolute atomic E-state index is 13.9. The molecule has 1 aliphatic heterocycles. The number of aromatic amines is 2. The number of aromatic nitrogens is 4. The summed E-state index contributed by atoms with van der Waals surface area (Å²) in [6.07, 6.45) is 1.88. The number of imidazole rings is 2. The number of hydrogen-bond acceptors (Lipinski definition) is 9. The maximum atomic E-state index is 13.9. The molecule has 58 heavy (non-hydrogen) atoms. The van der Waals surface area contributed by atoms with Gasteiger partial charge in [-0.15, -0.1) is 0 Å². The second-order valence-electron chi connectivity index (χ2n) is 14.0. The van der Waals surface area contributed by atoms with Crippen molar-refractivity contribution in [2.75, 3.05) is 33.9 Å². The number of hydrogen-bond donors (Lipinski definition) is 4. The number of benzene rings is 4. The van der Waals surface area contributed by atoms with Crippen molar-refractivity contribution in [3.63, 3.8) is 0 Å². The van der Waals surface area contributed by atoms with E-state index in [1.54, 1.807) is 28.1 Å². The number of alkyl carbamates (subject to hydrolysis) is 2. The van der Waals surface area contributed by atoms with Crippen LogP contribution < -0.4 is 15.4 Å². The van der Waals surface area contributed by atoms with E-state index < -0.39 is 18.2 Å². The van der Waals surface area contributed by atoms with Crippen LogP contribution in [-0.4, -0.2) is 87.6 Å². The van der Waals surface area contributed by atoms with Gasteiger partial charge in [0.15, 0.2) is 0 Å². The van der Waals surface area contributed by atoms with E-state index in [0.29, 0.717) is 43.3 Å². The summed E-state index contributed by atoms with van der Waals surface area (Å²) < 4.78 is 15.9. The van der Waals surface area contributed by atoms with Crippen molar-refractivity contribution in [3.05, 3.63) is 102 Å². The van der Waals surface area contributed by atoms with Gasteiger partial charge in [-0.1, -0.05) is 62.4 Å². The van der Waals surface area contributed by atoms with Crippen LogP contribution >= 0.6 is 0 Å². The van der Waals surface area contributed by atoms with Gasteiger partial charge in [-0.05, 0) is 59.4 Å². The molecule has 1 atom stereocenters. The van der Waals surface area contributed by atoms with Crippen LogP contribution in [0.2, 0.25) is 0 Å². The summed E-state index contributed by atoms with van der Waals surface area (Å²) in [6, 6.07) is 22.5. The molecule has 0 radical (unpaired) electrons. The largest absolute Gasteiger partial charge is 0.488 e. The third-order valence-corrected chi connectivity index (χ3v) is 10.1. The predicted molar refractivity (Wildman–Crippen MR) is 217 cm³/mol. The van der Waals surface area contributed by atoms with Gasteiger partial charge in [-0.2, -0.15) is 0 Å². The van der Waals surface area contributed by atoms with E-state index in [9.17, 15) is 19.2 Å². The lowest BCUT2D eigenvalue weighted by atomic mass is 9.92. The molecule has 0 spiro atoms. The van der Waals surface area contributed by atoms with Crippen molar-refractivity contribution in [2.24, 2.45) is 0 Å². The lowest BCUT2D eigenvalue weighted by Gasteiger charge is -2.27. The third kappa shape index (κ3) is 8.28. The second kappa shape index (κ2) is 17.5. The molecular weight excluding hydrogens is 741 g/mol. The quantitative estimate of drug-likeness (QED) is 0.0946. The lowest BCUT2D eigenvalue weighted by Crippen LogP contribution is -2.43. The van der Waals surface area contributed by atoms with Crippen LogP contribution in [0.5, 0.6) is 5.75 Å². The molecule has 0 bridgehead atoms. The molecule has 0 fully saturated rings. The molecule has 6 aromatic rings. The summed E-state index contributed by atoms with van der Waals surface area (Å²) in [5, 5.41) is 7.01. The fraction of sp³-hybridized carbons (Fsp3) is 0.302. The van der Waals surface area contributed by atoms with Gasteiger partial charge in [0, 0.05) is 29.4 Å². The summed E-state index contributed by atoms with van der Waals surface area (Å²) in [7, 11) is 2.52. The number of nitrogens with one attached hydrogen (secondary N) is 4. The molecule has 15 heteroatoms. The van der Waals surface area contributed by atoms with Crippen molar-refractivity contribution in [3.8, 4) is 28.1 Å². The van der Waals surface area contributed by atoms with E-state index in [4.69, 9.17) is 14.5 Å². The molecule has 3 heterocycles. The molecule has 1 aliphatic rings. The van der Waals surface area contributed by atoms with Crippen molar-refractivity contribution in [1.29, 1.82) is 0 Å². The first-order valence-corrected chi connectivity index (χ1v) is 19.2. The minimum Gasteiger partial charge on any atom is -0.488 e.